The van der Waals surface area contributed by atoms with E-state index in [0.717, 1.165) is 43.0 Å². The minimum absolute atomic E-state index is 0.0142. The number of amides is 2. The lowest BCUT2D eigenvalue weighted by Crippen LogP contribution is -2.56. The van der Waals surface area contributed by atoms with Gasteiger partial charge in [0.25, 0.3) is 6.47 Å². The van der Waals surface area contributed by atoms with Crippen LogP contribution in [0.1, 0.15) is 42.6 Å². The Morgan fingerprint density at radius 2 is 2.12 bits per heavy atom. The van der Waals surface area contributed by atoms with E-state index in [1.165, 1.54) is 0 Å². The third-order valence-corrected chi connectivity index (χ3v) is 6.64. The first kappa shape index (κ1) is 23.5. The molecule has 3 heterocycles. The van der Waals surface area contributed by atoms with E-state index in [-0.39, 0.29) is 30.1 Å². The van der Waals surface area contributed by atoms with Crippen molar-refractivity contribution in [2.75, 3.05) is 13.1 Å². The number of imidazole rings is 1. The van der Waals surface area contributed by atoms with Crippen LogP contribution in [0.25, 0.3) is 0 Å². The SMILES string of the molecule is CCn1ccnc1CNC(=O)[C@@H]1C[C@H]2CCN(C(=O)Cc3c(C)noc3C)C[C@H]21.O=CO. The number of hydrogen-bond donors (Lipinski definition) is 2. The van der Waals surface area contributed by atoms with E-state index in [4.69, 9.17) is 14.4 Å². The fraction of sp³-hybridized carbons (Fsp3) is 0.591. The Labute approximate surface area is 187 Å². The van der Waals surface area contributed by atoms with Gasteiger partial charge in [-0.1, -0.05) is 5.16 Å². The molecule has 2 N–H and O–H groups in total. The van der Waals surface area contributed by atoms with E-state index in [9.17, 15) is 9.59 Å². The van der Waals surface area contributed by atoms with Gasteiger partial charge in [0, 0.05) is 43.5 Å². The van der Waals surface area contributed by atoms with Crippen LogP contribution in [-0.4, -0.2) is 56.1 Å². The van der Waals surface area contributed by atoms with Crippen LogP contribution in [0.2, 0.25) is 0 Å². The molecule has 2 aliphatic rings. The van der Waals surface area contributed by atoms with Gasteiger partial charge in [-0.3, -0.25) is 14.4 Å². The van der Waals surface area contributed by atoms with E-state index >= 15 is 0 Å². The lowest BCUT2D eigenvalue weighted by molar-refractivity contribution is -0.145. The molecule has 174 valence electrons. The van der Waals surface area contributed by atoms with Crippen LogP contribution >= 0.6 is 0 Å². The van der Waals surface area contributed by atoms with E-state index < -0.39 is 0 Å². The van der Waals surface area contributed by atoms with Gasteiger partial charge in [0.05, 0.1) is 18.7 Å². The second-order valence-electron chi connectivity index (χ2n) is 8.33. The lowest BCUT2D eigenvalue weighted by atomic mass is 9.61. The molecule has 1 saturated heterocycles. The molecule has 0 radical (unpaired) electrons. The predicted octanol–water partition coefficient (Wildman–Crippen LogP) is 1.55. The van der Waals surface area contributed by atoms with E-state index in [2.05, 4.69) is 22.4 Å². The molecule has 2 fully saturated rings. The lowest BCUT2D eigenvalue weighted by Gasteiger charge is -2.50. The summed E-state index contributed by atoms with van der Waals surface area (Å²) in [6.07, 6.45) is 5.89. The molecule has 0 aromatic carbocycles. The van der Waals surface area contributed by atoms with Gasteiger partial charge in [-0.25, -0.2) is 4.98 Å². The number of rotatable bonds is 6. The van der Waals surface area contributed by atoms with Gasteiger partial charge in [-0.05, 0) is 45.4 Å². The molecule has 0 bridgehead atoms. The molecule has 1 aliphatic carbocycles. The van der Waals surface area contributed by atoms with Crippen LogP contribution in [0.5, 0.6) is 0 Å². The highest BCUT2D eigenvalue weighted by atomic mass is 16.5. The Hall–Kier alpha value is -3.17. The molecule has 1 saturated carbocycles. The third-order valence-electron chi connectivity index (χ3n) is 6.64. The van der Waals surface area contributed by atoms with Crippen molar-refractivity contribution in [3.63, 3.8) is 0 Å². The van der Waals surface area contributed by atoms with E-state index in [1.807, 2.05) is 29.5 Å². The maximum absolute atomic E-state index is 12.8. The number of carbonyl (C=O) groups excluding carboxylic acids is 2. The molecule has 10 heteroatoms. The van der Waals surface area contributed by atoms with Crippen molar-refractivity contribution >= 4 is 18.3 Å². The quantitative estimate of drug-likeness (QED) is 0.645. The van der Waals surface area contributed by atoms with Crippen LogP contribution in [0, 0.1) is 31.6 Å². The number of carboxylic acid groups (broad SMARTS) is 1. The van der Waals surface area contributed by atoms with Crippen LogP contribution in [0.4, 0.5) is 0 Å². The van der Waals surface area contributed by atoms with Crippen LogP contribution in [0.15, 0.2) is 16.9 Å². The Bertz CT molecular complexity index is 933. The van der Waals surface area contributed by atoms with Gasteiger partial charge < -0.3 is 24.4 Å². The van der Waals surface area contributed by atoms with Crippen molar-refractivity contribution in [1.82, 2.24) is 24.9 Å². The normalized spacial score (nSPS) is 21.6. The molecule has 10 nitrogen and oxygen atoms in total. The average molecular weight is 446 g/mol. The Morgan fingerprint density at radius 1 is 1.38 bits per heavy atom. The maximum Gasteiger partial charge on any atom is 0.290 e. The van der Waals surface area contributed by atoms with Gasteiger partial charge in [0.15, 0.2) is 0 Å². The van der Waals surface area contributed by atoms with Crippen molar-refractivity contribution in [2.45, 2.75) is 53.1 Å². The number of hydrogen-bond acceptors (Lipinski definition) is 6. The Balaban J connectivity index is 0.000000913. The zero-order chi connectivity index (χ0) is 23.3. The second kappa shape index (κ2) is 10.4. The zero-order valence-electron chi connectivity index (χ0n) is 18.8. The molecular weight excluding hydrogens is 414 g/mol. The van der Waals surface area contributed by atoms with Crippen molar-refractivity contribution in [2.24, 2.45) is 17.8 Å². The minimum Gasteiger partial charge on any atom is -0.483 e. The molecule has 2 aromatic heterocycles. The highest BCUT2D eigenvalue weighted by Gasteiger charge is 2.48. The Kier molecular flexibility index (Phi) is 7.66. The third kappa shape index (κ3) is 5.00. The number of likely N-dealkylation sites (tertiary alicyclic amines) is 1. The van der Waals surface area contributed by atoms with E-state index in [0.29, 0.717) is 31.2 Å². The summed E-state index contributed by atoms with van der Waals surface area (Å²) in [7, 11) is 0. The van der Waals surface area contributed by atoms with Gasteiger partial charge in [-0.15, -0.1) is 0 Å². The molecule has 0 spiro atoms. The molecule has 2 aromatic rings. The highest BCUT2D eigenvalue weighted by Crippen LogP contribution is 2.45. The molecule has 2 amide bonds. The van der Waals surface area contributed by atoms with Gasteiger partial charge in [-0.2, -0.15) is 0 Å². The maximum atomic E-state index is 12.8. The summed E-state index contributed by atoms with van der Waals surface area (Å²) in [5.74, 6) is 2.54. The zero-order valence-corrected chi connectivity index (χ0v) is 18.8. The number of nitrogens with one attached hydrogen (secondary N) is 1. The van der Waals surface area contributed by atoms with Crippen LogP contribution in [0.3, 0.4) is 0 Å². The predicted molar refractivity (Wildman–Crippen MR) is 114 cm³/mol. The molecule has 3 atom stereocenters. The largest absolute Gasteiger partial charge is 0.483 e. The molecule has 32 heavy (non-hydrogen) atoms. The van der Waals surface area contributed by atoms with Crippen molar-refractivity contribution in [3.8, 4) is 0 Å². The van der Waals surface area contributed by atoms with Crippen LogP contribution < -0.4 is 5.32 Å². The summed E-state index contributed by atoms with van der Waals surface area (Å²) in [6.45, 7) is 8.22. The van der Waals surface area contributed by atoms with E-state index in [1.54, 1.807) is 6.20 Å². The number of nitrogens with zero attached hydrogens (tertiary/aromatic N) is 4. The standard InChI is InChI=1S/C21H29N5O3.CH2O2/c1-4-25-8-6-22-19(25)11-23-21(28)17-9-15-5-7-26(12-18(15)17)20(27)10-16-13(2)24-29-14(16)3;2-1-3/h6,8,15,17-18H,4-5,7,9-12H2,1-3H3,(H,23,28);1H,(H,2,3)/t15-,17-,18-;/m1./s1. The molecule has 1 aliphatic heterocycles. The summed E-state index contributed by atoms with van der Waals surface area (Å²) in [4.78, 5) is 40.1. The summed E-state index contributed by atoms with van der Waals surface area (Å²) < 4.78 is 7.20. The number of fused-ring (bicyclic) bond motifs is 1. The highest BCUT2D eigenvalue weighted by molar-refractivity contribution is 5.81. The molecular formula is C22H31N5O5. The summed E-state index contributed by atoms with van der Waals surface area (Å²) in [5, 5.41) is 13.9. The smallest absolute Gasteiger partial charge is 0.290 e. The first-order valence-electron chi connectivity index (χ1n) is 10.9. The fourth-order valence-corrected chi connectivity index (χ4v) is 4.72. The molecule has 0 unspecified atom stereocenters. The van der Waals surface area contributed by atoms with Gasteiger partial charge in [0.2, 0.25) is 11.8 Å². The number of aryl methyl sites for hydroxylation is 3. The van der Waals surface area contributed by atoms with Gasteiger partial charge >= 0.3 is 0 Å². The number of carbonyl (C=O) groups is 3. The van der Waals surface area contributed by atoms with Crippen molar-refractivity contribution in [1.29, 1.82) is 0 Å². The first-order valence-corrected chi connectivity index (χ1v) is 10.9. The fourth-order valence-electron chi connectivity index (χ4n) is 4.72. The number of aromatic nitrogens is 3. The van der Waals surface area contributed by atoms with Crippen molar-refractivity contribution < 1.29 is 24.0 Å². The summed E-state index contributed by atoms with van der Waals surface area (Å²) in [6, 6.07) is 0. The first-order chi connectivity index (χ1) is 15.4. The Morgan fingerprint density at radius 3 is 2.78 bits per heavy atom. The average Bonchev–Trinajstić information content (AvgIpc) is 3.34. The monoisotopic (exact) mass is 445 g/mol. The summed E-state index contributed by atoms with van der Waals surface area (Å²) in [5.41, 5.74) is 1.66. The molecule has 4 rings (SSSR count). The van der Waals surface area contributed by atoms with Crippen LogP contribution in [-0.2, 0) is 33.9 Å². The topological polar surface area (TPSA) is 131 Å². The summed E-state index contributed by atoms with van der Waals surface area (Å²) >= 11 is 0. The second-order valence-corrected chi connectivity index (χ2v) is 8.33. The van der Waals surface area contributed by atoms with Gasteiger partial charge in [0.1, 0.15) is 11.6 Å². The number of piperidine rings is 1. The minimum atomic E-state index is -0.250. The van der Waals surface area contributed by atoms with Crippen molar-refractivity contribution in [3.05, 3.63) is 35.2 Å².